The molecule has 0 amide bonds. The molecule has 1 aromatic carbocycles. The van der Waals surface area contributed by atoms with Gasteiger partial charge in [0.15, 0.2) is 34.7 Å². The molecule has 0 radical (unpaired) electrons. The van der Waals surface area contributed by atoms with Crippen LogP contribution in [0, 0.1) is 11.6 Å². The number of nitrogens with zero attached hydrogens (tertiary/aromatic N) is 5. The molecule has 33 heavy (non-hydrogen) atoms. The average Bonchev–Trinajstić information content (AvgIpc) is 3.29. The lowest BCUT2D eigenvalue weighted by Gasteiger charge is -2.28. The third-order valence-electron chi connectivity index (χ3n) is 5.59. The van der Waals surface area contributed by atoms with Gasteiger partial charge in [-0.25, -0.2) is 18.7 Å². The second kappa shape index (κ2) is 9.99. The topological polar surface area (TPSA) is 86.6 Å². The highest BCUT2D eigenvalue weighted by Crippen LogP contribution is 2.32. The smallest absolute Gasteiger partial charge is 0.228 e. The molecule has 176 valence electrons. The van der Waals surface area contributed by atoms with Crippen molar-refractivity contribution in [1.29, 1.82) is 0 Å². The molecule has 1 N–H and O–H groups in total. The molecule has 2 aromatic heterocycles. The van der Waals surface area contributed by atoms with Crippen molar-refractivity contribution in [3.63, 3.8) is 0 Å². The third kappa shape index (κ3) is 5.14. The minimum Gasteiger partial charge on any atom is -0.494 e. The maximum Gasteiger partial charge on any atom is 0.228 e. The van der Waals surface area contributed by atoms with Crippen LogP contribution in [0.1, 0.15) is 24.4 Å². The number of rotatable bonds is 8. The maximum atomic E-state index is 14.5. The Hall–Kier alpha value is -3.47. The summed E-state index contributed by atoms with van der Waals surface area (Å²) in [5, 5.41) is 7.62. The van der Waals surface area contributed by atoms with Gasteiger partial charge in [-0.3, -0.25) is 4.68 Å². The Kier molecular flexibility index (Phi) is 6.87. The number of anilines is 2. The molecule has 1 aliphatic heterocycles. The monoisotopic (exact) mass is 460 g/mol. The fourth-order valence-electron chi connectivity index (χ4n) is 3.66. The van der Waals surface area contributed by atoms with E-state index in [1.54, 1.807) is 0 Å². The third-order valence-corrected chi connectivity index (χ3v) is 5.59. The minimum atomic E-state index is -0.852. The van der Waals surface area contributed by atoms with E-state index in [-0.39, 0.29) is 29.4 Å². The van der Waals surface area contributed by atoms with Crippen molar-refractivity contribution in [3.8, 4) is 17.2 Å². The second-order valence-corrected chi connectivity index (χ2v) is 7.76. The van der Waals surface area contributed by atoms with Crippen LogP contribution in [-0.4, -0.2) is 59.0 Å². The number of ether oxygens (including phenoxy) is 3. The van der Waals surface area contributed by atoms with Crippen molar-refractivity contribution in [2.24, 2.45) is 0 Å². The molecule has 3 heterocycles. The van der Waals surface area contributed by atoms with Gasteiger partial charge in [0.1, 0.15) is 6.61 Å². The summed E-state index contributed by atoms with van der Waals surface area (Å²) < 4.78 is 46.2. The van der Waals surface area contributed by atoms with Crippen LogP contribution in [0.3, 0.4) is 0 Å². The van der Waals surface area contributed by atoms with Crippen LogP contribution in [0.2, 0.25) is 0 Å². The summed E-state index contributed by atoms with van der Waals surface area (Å²) in [6.07, 6.45) is 6.88. The second-order valence-electron chi connectivity index (χ2n) is 7.76. The first kappa shape index (κ1) is 22.7. The fourth-order valence-corrected chi connectivity index (χ4v) is 3.66. The Bertz CT molecular complexity index is 1060. The van der Waals surface area contributed by atoms with Gasteiger partial charge in [-0.15, -0.1) is 0 Å². The largest absolute Gasteiger partial charge is 0.494 e. The zero-order valence-corrected chi connectivity index (χ0v) is 18.7. The van der Waals surface area contributed by atoms with Crippen molar-refractivity contribution >= 4 is 11.8 Å². The molecule has 1 fully saturated rings. The van der Waals surface area contributed by atoms with E-state index in [4.69, 9.17) is 14.2 Å². The van der Waals surface area contributed by atoms with Crippen LogP contribution in [0.25, 0.3) is 0 Å². The number of benzene rings is 1. The molecule has 1 aliphatic rings. The summed E-state index contributed by atoms with van der Waals surface area (Å²) in [5.41, 5.74) is -0.312. The molecular weight excluding hydrogens is 434 g/mol. The molecule has 0 saturated carbocycles. The molecule has 0 spiro atoms. The van der Waals surface area contributed by atoms with Crippen molar-refractivity contribution in [1.82, 2.24) is 24.6 Å². The lowest BCUT2D eigenvalue weighted by atomic mass is 10.1. The molecule has 1 saturated heterocycles. The standard InChI is InChI=1S/C22H26F2N6O3/c1-29-7-4-14(5-8-29)30-9-6-19(28-30)27-22-25-11-15(12-26-22)33-13-16-20(23)17(31-2)10-18(32-3)21(16)24/h6,9-12,14H,4-5,7-8,13H2,1-3H3,(H,25,26,27,28). The molecule has 9 nitrogen and oxygen atoms in total. The van der Waals surface area contributed by atoms with E-state index in [0.717, 1.165) is 32.0 Å². The molecule has 11 heteroatoms. The van der Waals surface area contributed by atoms with Gasteiger partial charge in [0.2, 0.25) is 5.95 Å². The van der Waals surface area contributed by atoms with E-state index >= 15 is 0 Å². The zero-order chi connectivity index (χ0) is 23.4. The van der Waals surface area contributed by atoms with Crippen molar-refractivity contribution in [2.75, 3.05) is 39.7 Å². The summed E-state index contributed by atoms with van der Waals surface area (Å²) >= 11 is 0. The highest BCUT2D eigenvalue weighted by atomic mass is 19.1. The van der Waals surface area contributed by atoms with Gasteiger partial charge in [0, 0.05) is 18.3 Å². The molecule has 0 unspecified atom stereocenters. The Balaban J connectivity index is 1.38. The number of hydrogen-bond donors (Lipinski definition) is 1. The van der Waals surface area contributed by atoms with Gasteiger partial charge in [0.05, 0.1) is 38.2 Å². The van der Waals surface area contributed by atoms with Gasteiger partial charge in [-0.05, 0) is 33.0 Å². The van der Waals surface area contributed by atoms with E-state index in [0.29, 0.717) is 17.8 Å². The Morgan fingerprint density at radius 3 is 2.30 bits per heavy atom. The summed E-state index contributed by atoms with van der Waals surface area (Å²) in [6.45, 7) is 1.71. The predicted molar refractivity (Wildman–Crippen MR) is 117 cm³/mol. The number of methoxy groups -OCH3 is 2. The van der Waals surface area contributed by atoms with Crippen molar-refractivity contribution in [3.05, 3.63) is 47.9 Å². The molecule has 4 rings (SSSR count). The van der Waals surface area contributed by atoms with Gasteiger partial charge < -0.3 is 24.4 Å². The number of nitrogens with one attached hydrogen (secondary N) is 1. The van der Waals surface area contributed by atoms with Crippen LogP contribution >= 0.6 is 0 Å². The molecule has 0 bridgehead atoms. The fraction of sp³-hybridized carbons (Fsp3) is 0.409. The first-order valence-corrected chi connectivity index (χ1v) is 10.5. The number of aromatic nitrogens is 4. The van der Waals surface area contributed by atoms with E-state index < -0.39 is 11.6 Å². The normalized spacial score (nSPS) is 14.8. The average molecular weight is 460 g/mol. The van der Waals surface area contributed by atoms with E-state index in [1.165, 1.54) is 26.6 Å². The van der Waals surface area contributed by atoms with Gasteiger partial charge in [-0.2, -0.15) is 5.10 Å². The van der Waals surface area contributed by atoms with Crippen molar-refractivity contribution < 1.29 is 23.0 Å². The lowest BCUT2D eigenvalue weighted by molar-refractivity contribution is 0.212. The Morgan fingerprint density at radius 2 is 1.70 bits per heavy atom. The zero-order valence-electron chi connectivity index (χ0n) is 18.7. The molecule has 3 aromatic rings. The number of piperidine rings is 1. The lowest BCUT2D eigenvalue weighted by Crippen LogP contribution is -2.31. The Morgan fingerprint density at radius 1 is 1.06 bits per heavy atom. The summed E-state index contributed by atoms with van der Waals surface area (Å²) in [7, 11) is 4.70. The number of likely N-dealkylation sites (tertiary alicyclic amines) is 1. The SMILES string of the molecule is COc1cc(OC)c(F)c(COc2cnc(Nc3ccn(C4CCN(C)CC4)n3)nc2)c1F. The molecule has 0 aliphatic carbocycles. The highest BCUT2D eigenvalue weighted by Gasteiger charge is 2.21. The first-order valence-electron chi connectivity index (χ1n) is 10.5. The predicted octanol–water partition coefficient (Wildman–Crippen LogP) is 3.56. The number of halogens is 2. The van der Waals surface area contributed by atoms with Crippen LogP contribution in [-0.2, 0) is 6.61 Å². The summed E-state index contributed by atoms with van der Waals surface area (Å²) in [4.78, 5) is 10.7. The van der Waals surface area contributed by atoms with E-state index in [9.17, 15) is 8.78 Å². The molecular formula is C22H26F2N6O3. The van der Waals surface area contributed by atoms with Gasteiger partial charge in [-0.1, -0.05) is 0 Å². The first-order chi connectivity index (χ1) is 16.0. The Labute approximate surface area is 190 Å². The highest BCUT2D eigenvalue weighted by molar-refractivity contribution is 5.46. The van der Waals surface area contributed by atoms with E-state index in [2.05, 4.69) is 32.3 Å². The molecule has 0 atom stereocenters. The van der Waals surface area contributed by atoms with Gasteiger partial charge in [0.25, 0.3) is 0 Å². The van der Waals surface area contributed by atoms with Gasteiger partial charge >= 0.3 is 0 Å². The van der Waals surface area contributed by atoms with E-state index in [1.807, 2.05) is 16.9 Å². The summed E-state index contributed by atoms with van der Waals surface area (Å²) in [5.74, 6) is -0.764. The number of hydrogen-bond acceptors (Lipinski definition) is 8. The minimum absolute atomic E-state index is 0.137. The van der Waals surface area contributed by atoms with Crippen LogP contribution in [0.4, 0.5) is 20.5 Å². The maximum absolute atomic E-state index is 14.5. The van der Waals surface area contributed by atoms with Crippen molar-refractivity contribution in [2.45, 2.75) is 25.5 Å². The van der Waals surface area contributed by atoms with Crippen LogP contribution in [0.5, 0.6) is 17.2 Å². The van der Waals surface area contributed by atoms with Crippen LogP contribution < -0.4 is 19.5 Å². The quantitative estimate of drug-likeness (QED) is 0.546. The summed E-state index contributed by atoms with van der Waals surface area (Å²) in [6, 6.07) is 3.39. The van der Waals surface area contributed by atoms with Crippen LogP contribution in [0.15, 0.2) is 30.7 Å².